The minimum absolute atomic E-state index is 0. The maximum Gasteiger partial charge on any atom is 0.191 e. The van der Waals surface area contributed by atoms with Crippen molar-refractivity contribution in [3.05, 3.63) is 66.0 Å². The number of benzene rings is 2. The molecule has 0 spiro atoms. The van der Waals surface area contributed by atoms with Gasteiger partial charge in [0.2, 0.25) is 0 Å². The number of halogens is 1. The van der Waals surface area contributed by atoms with Gasteiger partial charge in [0.25, 0.3) is 0 Å². The minimum Gasteiger partial charge on any atom is -0.357 e. The highest BCUT2D eigenvalue weighted by Gasteiger charge is 2.20. The molecule has 0 bridgehead atoms. The number of fused-ring (bicyclic) bond motifs is 1. The highest BCUT2D eigenvalue weighted by molar-refractivity contribution is 14.0. The fraction of sp³-hybridized carbons (Fsp3) is 0.440. The normalized spacial score (nSPS) is 15.5. The Hall–Kier alpha value is -2.13. The van der Waals surface area contributed by atoms with Crippen molar-refractivity contribution in [3.8, 4) is 0 Å². The fourth-order valence-electron chi connectivity index (χ4n) is 4.33. The molecular weight excluding hydrogens is 511 g/mol. The van der Waals surface area contributed by atoms with Gasteiger partial charge in [-0.25, -0.2) is 4.98 Å². The molecule has 0 radical (unpaired) electrons. The highest BCUT2D eigenvalue weighted by atomic mass is 127. The number of guanidine groups is 1. The van der Waals surface area contributed by atoms with Crippen molar-refractivity contribution in [2.75, 3.05) is 26.2 Å². The van der Waals surface area contributed by atoms with Crippen LogP contribution in [0.2, 0.25) is 0 Å². The first-order valence-electron chi connectivity index (χ1n) is 11.5. The summed E-state index contributed by atoms with van der Waals surface area (Å²) in [5, 5.41) is 7.07. The lowest BCUT2D eigenvalue weighted by atomic mass is 10.0. The van der Waals surface area contributed by atoms with Gasteiger partial charge in [-0.15, -0.1) is 24.0 Å². The van der Waals surface area contributed by atoms with Crippen molar-refractivity contribution >= 4 is 41.0 Å². The van der Waals surface area contributed by atoms with E-state index in [1.165, 1.54) is 11.1 Å². The van der Waals surface area contributed by atoms with Crippen molar-refractivity contribution in [1.82, 2.24) is 25.1 Å². The quantitative estimate of drug-likeness (QED) is 0.265. The third-order valence-electron chi connectivity index (χ3n) is 5.96. The molecule has 0 aliphatic carbocycles. The summed E-state index contributed by atoms with van der Waals surface area (Å²) >= 11 is 0. The summed E-state index contributed by atoms with van der Waals surface area (Å²) in [5.41, 5.74) is 3.63. The average molecular weight is 547 g/mol. The Balaban J connectivity index is 0.00000289. The molecule has 0 atom stereocenters. The largest absolute Gasteiger partial charge is 0.357 e. The molecule has 7 heteroatoms. The van der Waals surface area contributed by atoms with Crippen LogP contribution in [0.1, 0.15) is 31.2 Å². The maximum atomic E-state index is 4.85. The number of aryl methyl sites for hydroxylation is 1. The number of imidazole rings is 1. The predicted molar refractivity (Wildman–Crippen MR) is 144 cm³/mol. The molecule has 2 aromatic carbocycles. The molecule has 0 unspecified atom stereocenters. The van der Waals surface area contributed by atoms with E-state index in [1.54, 1.807) is 0 Å². The Bertz CT molecular complexity index is 992. The Morgan fingerprint density at radius 1 is 1.06 bits per heavy atom. The zero-order valence-corrected chi connectivity index (χ0v) is 21.5. The predicted octanol–water partition coefficient (Wildman–Crippen LogP) is 4.18. The van der Waals surface area contributed by atoms with E-state index in [0.29, 0.717) is 6.04 Å². The second kappa shape index (κ2) is 12.2. The number of likely N-dealkylation sites (tertiary alicyclic amines) is 1. The lowest BCUT2D eigenvalue weighted by Gasteiger charge is -2.33. The molecule has 1 fully saturated rings. The summed E-state index contributed by atoms with van der Waals surface area (Å²) in [6.07, 6.45) is 2.28. The van der Waals surface area contributed by atoms with E-state index in [9.17, 15) is 0 Å². The van der Waals surface area contributed by atoms with Gasteiger partial charge in [-0.2, -0.15) is 0 Å². The van der Waals surface area contributed by atoms with Gasteiger partial charge >= 0.3 is 0 Å². The van der Waals surface area contributed by atoms with Crippen molar-refractivity contribution in [2.45, 2.75) is 45.8 Å². The molecular formula is C25H35IN6. The first-order valence-corrected chi connectivity index (χ1v) is 11.5. The van der Waals surface area contributed by atoms with E-state index in [2.05, 4.69) is 87.5 Å². The third kappa shape index (κ3) is 6.45. The van der Waals surface area contributed by atoms with Crippen molar-refractivity contribution in [3.63, 3.8) is 0 Å². The lowest BCUT2D eigenvalue weighted by molar-refractivity contribution is 0.198. The summed E-state index contributed by atoms with van der Waals surface area (Å²) in [7, 11) is 0. The highest BCUT2D eigenvalue weighted by Crippen LogP contribution is 2.16. The standard InChI is InChI=1S/C25H34N6.HI/c1-3-26-25(27-15-18-31-20(2)28-23-11-7-8-12-24(23)31)29-22-13-16-30(17-14-22)19-21-9-5-4-6-10-21;/h4-12,22H,3,13-19H2,1-2H3,(H2,26,27,29);1H. The summed E-state index contributed by atoms with van der Waals surface area (Å²) in [6, 6.07) is 19.5. The molecule has 0 saturated carbocycles. The Morgan fingerprint density at radius 3 is 2.53 bits per heavy atom. The van der Waals surface area contributed by atoms with Gasteiger partial charge in [0.1, 0.15) is 5.82 Å². The lowest BCUT2D eigenvalue weighted by Crippen LogP contribution is -2.48. The van der Waals surface area contributed by atoms with Crippen LogP contribution in [-0.4, -0.2) is 52.6 Å². The average Bonchev–Trinajstić information content (AvgIpc) is 3.11. The van der Waals surface area contributed by atoms with Gasteiger partial charge in [0, 0.05) is 38.8 Å². The van der Waals surface area contributed by atoms with Gasteiger partial charge in [0.15, 0.2) is 5.96 Å². The van der Waals surface area contributed by atoms with Crippen LogP contribution < -0.4 is 10.6 Å². The summed E-state index contributed by atoms with van der Waals surface area (Å²) in [5.74, 6) is 1.96. The molecule has 1 aliphatic heterocycles. The van der Waals surface area contributed by atoms with Crippen LogP contribution >= 0.6 is 24.0 Å². The van der Waals surface area contributed by atoms with Crippen molar-refractivity contribution in [2.24, 2.45) is 4.99 Å². The third-order valence-corrected chi connectivity index (χ3v) is 5.96. The second-order valence-electron chi connectivity index (χ2n) is 8.24. The van der Waals surface area contributed by atoms with E-state index in [0.717, 1.165) is 69.4 Å². The monoisotopic (exact) mass is 546 g/mol. The van der Waals surface area contributed by atoms with E-state index >= 15 is 0 Å². The Kier molecular flexibility index (Phi) is 9.35. The zero-order valence-electron chi connectivity index (χ0n) is 19.1. The van der Waals surface area contributed by atoms with Gasteiger partial charge in [-0.05, 0) is 44.4 Å². The Labute approximate surface area is 208 Å². The molecule has 3 aromatic rings. The number of hydrogen-bond acceptors (Lipinski definition) is 3. The van der Waals surface area contributed by atoms with Gasteiger partial charge in [0.05, 0.1) is 17.6 Å². The van der Waals surface area contributed by atoms with Crippen LogP contribution in [0.25, 0.3) is 11.0 Å². The topological polar surface area (TPSA) is 57.5 Å². The van der Waals surface area contributed by atoms with Crippen LogP contribution in [-0.2, 0) is 13.1 Å². The second-order valence-corrected chi connectivity index (χ2v) is 8.24. The minimum atomic E-state index is 0. The summed E-state index contributed by atoms with van der Waals surface area (Å²) < 4.78 is 2.25. The van der Waals surface area contributed by atoms with Crippen LogP contribution in [0.4, 0.5) is 0 Å². The number of hydrogen-bond donors (Lipinski definition) is 2. The van der Waals surface area contributed by atoms with Gasteiger partial charge < -0.3 is 15.2 Å². The number of aliphatic imine (C=N–C) groups is 1. The first kappa shape index (κ1) is 24.5. The van der Waals surface area contributed by atoms with E-state index in [4.69, 9.17) is 4.99 Å². The molecule has 1 aromatic heterocycles. The van der Waals surface area contributed by atoms with Gasteiger partial charge in [-0.3, -0.25) is 9.89 Å². The van der Waals surface area contributed by atoms with E-state index < -0.39 is 0 Å². The maximum absolute atomic E-state index is 4.85. The molecule has 4 rings (SSSR count). The van der Waals surface area contributed by atoms with Crippen LogP contribution in [0.5, 0.6) is 0 Å². The fourth-order valence-corrected chi connectivity index (χ4v) is 4.33. The number of nitrogens with zero attached hydrogens (tertiary/aromatic N) is 4. The van der Waals surface area contributed by atoms with Crippen molar-refractivity contribution in [1.29, 1.82) is 0 Å². The molecule has 2 N–H and O–H groups in total. The van der Waals surface area contributed by atoms with E-state index in [-0.39, 0.29) is 24.0 Å². The number of rotatable bonds is 7. The molecule has 1 saturated heterocycles. The van der Waals surface area contributed by atoms with E-state index in [1.807, 2.05) is 6.07 Å². The smallest absolute Gasteiger partial charge is 0.191 e. The molecule has 32 heavy (non-hydrogen) atoms. The number of aromatic nitrogens is 2. The van der Waals surface area contributed by atoms with Crippen LogP contribution in [0.3, 0.4) is 0 Å². The zero-order chi connectivity index (χ0) is 21.5. The van der Waals surface area contributed by atoms with Crippen molar-refractivity contribution < 1.29 is 0 Å². The molecule has 172 valence electrons. The Morgan fingerprint density at radius 2 is 1.78 bits per heavy atom. The summed E-state index contributed by atoms with van der Waals surface area (Å²) in [6.45, 7) is 9.88. The molecule has 6 nitrogen and oxygen atoms in total. The molecule has 2 heterocycles. The SMILES string of the molecule is CCNC(=NCCn1c(C)nc2ccccc21)NC1CCN(Cc2ccccc2)CC1.I. The first-order chi connectivity index (χ1) is 15.2. The van der Waals surface area contributed by atoms with Crippen LogP contribution in [0.15, 0.2) is 59.6 Å². The summed E-state index contributed by atoms with van der Waals surface area (Å²) in [4.78, 5) is 12.1. The number of piperidine rings is 1. The van der Waals surface area contributed by atoms with Crippen LogP contribution in [0, 0.1) is 6.92 Å². The number of nitrogens with one attached hydrogen (secondary N) is 2. The molecule has 0 amide bonds. The van der Waals surface area contributed by atoms with Gasteiger partial charge in [-0.1, -0.05) is 42.5 Å². The number of para-hydroxylation sites is 2. The molecule has 1 aliphatic rings.